The number of hydrogen-bond donors (Lipinski definition) is 1. The van der Waals surface area contributed by atoms with E-state index in [4.69, 9.17) is 0 Å². The van der Waals surface area contributed by atoms with Gasteiger partial charge < -0.3 is 0 Å². The molecular weight excluding hydrogens is 160 g/mol. The first-order chi connectivity index (χ1) is 6.08. The summed E-state index contributed by atoms with van der Waals surface area (Å²) < 4.78 is 0. The van der Waals surface area contributed by atoms with Gasteiger partial charge in [0, 0.05) is 6.04 Å². The van der Waals surface area contributed by atoms with Gasteiger partial charge >= 0.3 is 0 Å². The molecule has 74 valence electrons. The summed E-state index contributed by atoms with van der Waals surface area (Å²) in [5.74, 6) is 0.694. The van der Waals surface area contributed by atoms with Gasteiger partial charge in [0.15, 0.2) is 0 Å². The second-order valence-electron chi connectivity index (χ2n) is 4.69. The molecule has 0 bridgehead atoms. The van der Waals surface area contributed by atoms with Crippen molar-refractivity contribution in [3.05, 3.63) is 0 Å². The first-order valence-electron chi connectivity index (χ1n) is 5.27. The largest absolute Gasteiger partial charge is 0.297 e. The van der Waals surface area contributed by atoms with Gasteiger partial charge in [-0.3, -0.25) is 5.32 Å². The lowest BCUT2D eigenvalue weighted by Crippen LogP contribution is -2.50. The minimum Gasteiger partial charge on any atom is -0.297 e. The fraction of sp³-hybridized carbons (Fsp3) is 0.909. The number of rotatable bonds is 2. The van der Waals surface area contributed by atoms with Crippen molar-refractivity contribution < 1.29 is 0 Å². The van der Waals surface area contributed by atoms with Crippen LogP contribution in [0.25, 0.3) is 0 Å². The van der Waals surface area contributed by atoms with Gasteiger partial charge in [-0.2, -0.15) is 5.26 Å². The standard InChI is InChI=1S/C11H20N2/c1-9(2)13-11(8-12)6-4-5-10(3)7-11/h9-10,13H,4-7H2,1-3H3. The van der Waals surface area contributed by atoms with Gasteiger partial charge in [0.05, 0.1) is 6.07 Å². The van der Waals surface area contributed by atoms with Crippen molar-refractivity contribution in [3.63, 3.8) is 0 Å². The summed E-state index contributed by atoms with van der Waals surface area (Å²) in [5.41, 5.74) is -0.230. The summed E-state index contributed by atoms with van der Waals surface area (Å²) in [4.78, 5) is 0. The van der Waals surface area contributed by atoms with Crippen molar-refractivity contribution in [2.24, 2.45) is 5.92 Å². The second kappa shape index (κ2) is 4.11. The Balaban J connectivity index is 2.63. The van der Waals surface area contributed by atoms with Crippen LogP contribution < -0.4 is 5.32 Å². The van der Waals surface area contributed by atoms with E-state index >= 15 is 0 Å². The Bertz CT molecular complexity index is 201. The lowest BCUT2D eigenvalue weighted by molar-refractivity contribution is 0.229. The van der Waals surface area contributed by atoms with Crippen LogP contribution in [0, 0.1) is 17.2 Å². The van der Waals surface area contributed by atoms with E-state index in [-0.39, 0.29) is 5.54 Å². The predicted molar refractivity (Wildman–Crippen MR) is 54.2 cm³/mol. The number of hydrogen-bond acceptors (Lipinski definition) is 2. The maximum atomic E-state index is 9.20. The molecule has 2 heteroatoms. The van der Waals surface area contributed by atoms with E-state index in [1.165, 1.54) is 12.8 Å². The second-order valence-corrected chi connectivity index (χ2v) is 4.69. The van der Waals surface area contributed by atoms with Crippen molar-refractivity contribution in [2.75, 3.05) is 0 Å². The van der Waals surface area contributed by atoms with E-state index in [0.29, 0.717) is 12.0 Å². The molecule has 1 saturated carbocycles. The third-order valence-corrected chi connectivity index (χ3v) is 2.78. The van der Waals surface area contributed by atoms with E-state index in [2.05, 4.69) is 32.2 Å². The summed E-state index contributed by atoms with van der Waals surface area (Å²) in [5, 5.41) is 12.6. The molecule has 0 saturated heterocycles. The van der Waals surface area contributed by atoms with Crippen LogP contribution in [0.4, 0.5) is 0 Å². The molecule has 0 aromatic carbocycles. The quantitative estimate of drug-likeness (QED) is 0.708. The van der Waals surface area contributed by atoms with Crippen LogP contribution in [0.2, 0.25) is 0 Å². The van der Waals surface area contributed by atoms with Gasteiger partial charge in [0.25, 0.3) is 0 Å². The van der Waals surface area contributed by atoms with Crippen LogP contribution in [0.5, 0.6) is 0 Å². The van der Waals surface area contributed by atoms with Crippen molar-refractivity contribution in [3.8, 4) is 6.07 Å². The molecule has 2 nitrogen and oxygen atoms in total. The van der Waals surface area contributed by atoms with E-state index < -0.39 is 0 Å². The third-order valence-electron chi connectivity index (χ3n) is 2.78. The van der Waals surface area contributed by atoms with Gasteiger partial charge in [-0.15, -0.1) is 0 Å². The maximum Gasteiger partial charge on any atom is 0.107 e. The molecule has 1 fully saturated rings. The van der Waals surface area contributed by atoms with Gasteiger partial charge in [-0.1, -0.05) is 19.8 Å². The highest BCUT2D eigenvalue weighted by Gasteiger charge is 2.35. The zero-order valence-electron chi connectivity index (χ0n) is 8.93. The summed E-state index contributed by atoms with van der Waals surface area (Å²) in [6.07, 6.45) is 4.51. The fourth-order valence-electron chi connectivity index (χ4n) is 2.37. The highest BCUT2D eigenvalue weighted by Crippen LogP contribution is 2.31. The smallest absolute Gasteiger partial charge is 0.107 e. The zero-order valence-corrected chi connectivity index (χ0v) is 8.93. The van der Waals surface area contributed by atoms with Crippen LogP contribution in [0.3, 0.4) is 0 Å². The van der Waals surface area contributed by atoms with E-state index in [0.717, 1.165) is 12.8 Å². The molecule has 1 aliphatic carbocycles. The van der Waals surface area contributed by atoms with Crippen molar-refractivity contribution >= 4 is 0 Å². The van der Waals surface area contributed by atoms with Crippen molar-refractivity contribution in [1.29, 1.82) is 5.26 Å². The van der Waals surface area contributed by atoms with Crippen LogP contribution in [0.15, 0.2) is 0 Å². The molecule has 0 amide bonds. The van der Waals surface area contributed by atoms with Crippen molar-refractivity contribution in [1.82, 2.24) is 5.32 Å². The molecule has 1 N–H and O–H groups in total. The lowest BCUT2D eigenvalue weighted by Gasteiger charge is -2.36. The molecule has 1 rings (SSSR count). The SMILES string of the molecule is CC1CCCC(C#N)(NC(C)C)C1. The molecule has 0 aromatic heterocycles. The molecule has 1 aliphatic rings. The Morgan fingerprint density at radius 2 is 2.23 bits per heavy atom. The Morgan fingerprint density at radius 3 is 2.69 bits per heavy atom. The normalized spacial score (nSPS) is 34.5. The van der Waals surface area contributed by atoms with Gasteiger partial charge in [0.2, 0.25) is 0 Å². The molecule has 2 unspecified atom stereocenters. The van der Waals surface area contributed by atoms with Crippen LogP contribution in [-0.4, -0.2) is 11.6 Å². The Hall–Kier alpha value is -0.550. The Kier molecular flexibility index (Phi) is 3.33. The molecule has 0 aliphatic heterocycles. The van der Waals surface area contributed by atoms with E-state index in [1.807, 2.05) is 0 Å². The van der Waals surface area contributed by atoms with Crippen LogP contribution in [-0.2, 0) is 0 Å². The summed E-state index contributed by atoms with van der Waals surface area (Å²) in [6.45, 7) is 6.46. The Labute approximate surface area is 81.3 Å². The highest BCUT2D eigenvalue weighted by atomic mass is 15.0. The minimum atomic E-state index is -0.230. The first kappa shape index (κ1) is 10.5. The molecule has 2 atom stereocenters. The number of nitrogens with zero attached hydrogens (tertiary/aromatic N) is 1. The highest BCUT2D eigenvalue weighted by molar-refractivity contribution is 5.09. The molecule has 0 aromatic rings. The predicted octanol–water partition coefficient (Wildman–Crippen LogP) is 2.46. The van der Waals surface area contributed by atoms with Crippen LogP contribution >= 0.6 is 0 Å². The average Bonchev–Trinajstić information content (AvgIpc) is 2.03. The lowest BCUT2D eigenvalue weighted by atomic mass is 9.77. The summed E-state index contributed by atoms with van der Waals surface area (Å²) >= 11 is 0. The third kappa shape index (κ3) is 2.70. The van der Waals surface area contributed by atoms with Crippen molar-refractivity contribution in [2.45, 2.75) is 58.0 Å². The number of nitriles is 1. The van der Waals surface area contributed by atoms with E-state index in [9.17, 15) is 5.26 Å². The topological polar surface area (TPSA) is 35.8 Å². The maximum absolute atomic E-state index is 9.20. The van der Waals surface area contributed by atoms with Gasteiger partial charge in [-0.25, -0.2) is 0 Å². The minimum absolute atomic E-state index is 0.230. The van der Waals surface area contributed by atoms with Gasteiger partial charge in [-0.05, 0) is 32.6 Å². The summed E-state index contributed by atoms with van der Waals surface area (Å²) in [7, 11) is 0. The first-order valence-corrected chi connectivity index (χ1v) is 5.27. The molecule has 0 spiro atoms. The summed E-state index contributed by atoms with van der Waals surface area (Å²) in [6, 6.07) is 2.88. The Morgan fingerprint density at radius 1 is 1.54 bits per heavy atom. The molecule has 0 heterocycles. The molecule has 13 heavy (non-hydrogen) atoms. The molecular formula is C11H20N2. The van der Waals surface area contributed by atoms with Crippen LogP contribution in [0.1, 0.15) is 46.5 Å². The molecule has 0 radical (unpaired) electrons. The zero-order chi connectivity index (χ0) is 9.90. The van der Waals surface area contributed by atoms with Gasteiger partial charge in [0.1, 0.15) is 5.54 Å². The van der Waals surface area contributed by atoms with E-state index in [1.54, 1.807) is 0 Å². The fourth-order valence-corrected chi connectivity index (χ4v) is 2.37. The average molecular weight is 180 g/mol. The monoisotopic (exact) mass is 180 g/mol. The number of nitrogens with one attached hydrogen (secondary N) is 1.